The van der Waals surface area contributed by atoms with Crippen LogP contribution in [0.5, 0.6) is 0 Å². The summed E-state index contributed by atoms with van der Waals surface area (Å²) in [5, 5.41) is 5.33. The fourth-order valence-corrected chi connectivity index (χ4v) is 8.96. The van der Waals surface area contributed by atoms with Crippen molar-refractivity contribution in [3.05, 3.63) is 83.6 Å². The van der Waals surface area contributed by atoms with Crippen molar-refractivity contribution in [2.24, 2.45) is 0 Å². The molecule has 2 aromatic carbocycles. The summed E-state index contributed by atoms with van der Waals surface area (Å²) in [5.41, 5.74) is 3.73. The fourth-order valence-electron chi connectivity index (χ4n) is 7.66. The number of rotatable bonds is 17. The maximum atomic E-state index is 12.5. The van der Waals surface area contributed by atoms with Gasteiger partial charge < -0.3 is 48.6 Å². The van der Waals surface area contributed by atoms with E-state index in [-0.39, 0.29) is 29.6 Å². The van der Waals surface area contributed by atoms with Gasteiger partial charge in [0.2, 0.25) is 11.6 Å². The van der Waals surface area contributed by atoms with Gasteiger partial charge in [0.05, 0.1) is 5.41 Å². The summed E-state index contributed by atoms with van der Waals surface area (Å²) >= 11 is 0. The number of carbonyl (C=O) groups is 2. The van der Waals surface area contributed by atoms with Gasteiger partial charge in [0.15, 0.2) is 13.3 Å². The molecule has 2 unspecified atom stereocenters. The van der Waals surface area contributed by atoms with Crippen LogP contribution in [0.15, 0.2) is 72.5 Å². The summed E-state index contributed by atoms with van der Waals surface area (Å²) < 4.78 is 36.8. The first-order chi connectivity index (χ1) is 26.6. The Morgan fingerprint density at radius 2 is 1.56 bits per heavy atom. The Balaban J connectivity index is 1.49. The first kappa shape index (κ1) is 45.9. The SMILES string of the molecule is CCN1/C(=C/C=C/C=C/C2=[N+](CC)c3ccc(P(=O)([O-])OC)cc3C2(C)C)C(C)(CCCCCC(=O)NCCNC(=O)OC(C)(C)C)c2cc(P(=O)([O-])[O-])ccc21. The molecular weight excluding hydrogens is 766 g/mol. The predicted molar refractivity (Wildman–Crippen MR) is 220 cm³/mol. The third-order valence-corrected chi connectivity index (χ3v) is 12.8. The first-order valence-electron chi connectivity index (χ1n) is 19.5. The van der Waals surface area contributed by atoms with Crippen molar-refractivity contribution in [1.82, 2.24) is 10.6 Å². The Labute approximate surface area is 337 Å². The van der Waals surface area contributed by atoms with Crippen LogP contribution in [0, 0.1) is 0 Å². The largest absolute Gasteiger partial charge is 0.807 e. The number of unbranched alkanes of at least 4 members (excludes halogenated alkanes) is 2. The number of benzene rings is 2. The fraction of sp³-hybridized carbons (Fsp3) is 0.500. The highest BCUT2D eigenvalue weighted by Gasteiger charge is 2.45. The van der Waals surface area contributed by atoms with Gasteiger partial charge in [0.1, 0.15) is 12.1 Å². The molecule has 0 saturated carbocycles. The van der Waals surface area contributed by atoms with E-state index < -0.39 is 37.7 Å². The van der Waals surface area contributed by atoms with E-state index in [0.717, 1.165) is 53.9 Å². The van der Waals surface area contributed by atoms with Crippen LogP contribution in [0.4, 0.5) is 16.2 Å². The summed E-state index contributed by atoms with van der Waals surface area (Å²) in [4.78, 5) is 63.2. The van der Waals surface area contributed by atoms with Gasteiger partial charge in [-0.15, -0.1) is 0 Å². The minimum atomic E-state index is -5.00. The number of anilines is 1. The van der Waals surface area contributed by atoms with E-state index in [2.05, 4.69) is 40.9 Å². The first-order valence-corrected chi connectivity index (χ1v) is 22.6. The minimum Gasteiger partial charge on any atom is -0.807 e. The van der Waals surface area contributed by atoms with Crippen LogP contribution >= 0.6 is 15.2 Å². The van der Waals surface area contributed by atoms with Crippen LogP contribution < -0.4 is 40.8 Å². The van der Waals surface area contributed by atoms with Crippen molar-refractivity contribution >= 4 is 54.9 Å². The third-order valence-electron chi connectivity index (χ3n) is 10.5. The van der Waals surface area contributed by atoms with E-state index in [1.165, 1.54) is 12.1 Å². The van der Waals surface area contributed by atoms with Crippen LogP contribution in [0.3, 0.4) is 0 Å². The van der Waals surface area contributed by atoms with E-state index in [0.29, 0.717) is 32.4 Å². The Morgan fingerprint density at radius 1 is 0.895 bits per heavy atom. The zero-order valence-electron chi connectivity index (χ0n) is 34.7. The van der Waals surface area contributed by atoms with E-state index in [9.17, 15) is 33.4 Å². The number of likely N-dealkylation sites (N-methyl/N-ethyl adjacent to an activating group) is 1. The molecule has 312 valence electrons. The average molecular weight is 825 g/mol. The highest BCUT2D eigenvalue weighted by molar-refractivity contribution is 7.59. The maximum absolute atomic E-state index is 12.5. The standard InChI is InChI=1S/C42H60N4O9P2/c1-10-45-34-24-22-31(57(52,53)54-9)29-32(34)41(6,7)36(45)18-14-12-15-19-37-42(8,33-28-30(56(49,50)51)21-23-35(33)46(37)11-2)25-17-13-16-20-38(47)43-26-27-44-39(48)55-40(3,4)5/h12,14-15,18-19,21-24,28-29H,10-11,13,16-17,20,25-27H2,1-9H3,(H4-,43,44,47,48,49,50,51,52,53)/p-2. The number of nitrogens with zero attached hydrogens (tertiary/aromatic N) is 2. The molecule has 0 bridgehead atoms. The van der Waals surface area contributed by atoms with Crippen LogP contribution in [-0.2, 0) is 34.0 Å². The number of ether oxygens (including phenoxy) is 1. The number of hydrogen-bond acceptors (Lipinski definition) is 10. The van der Waals surface area contributed by atoms with Gasteiger partial charge in [0.25, 0.3) is 0 Å². The zero-order chi connectivity index (χ0) is 42.4. The van der Waals surface area contributed by atoms with E-state index in [1.807, 2.05) is 50.3 Å². The number of alkyl carbamates (subject to hydrolysis) is 1. The summed E-state index contributed by atoms with van der Waals surface area (Å²) in [7, 11) is -8.01. The van der Waals surface area contributed by atoms with E-state index >= 15 is 0 Å². The van der Waals surface area contributed by atoms with Gasteiger partial charge in [-0.1, -0.05) is 37.1 Å². The van der Waals surface area contributed by atoms with Crippen molar-refractivity contribution in [2.45, 2.75) is 104 Å². The molecule has 4 rings (SSSR count). The topological polar surface area (TPSA) is 186 Å². The lowest BCUT2D eigenvalue weighted by Gasteiger charge is -2.32. The van der Waals surface area contributed by atoms with Gasteiger partial charge in [-0.05, 0) is 117 Å². The molecule has 0 saturated heterocycles. The number of amides is 2. The van der Waals surface area contributed by atoms with Gasteiger partial charge in [0, 0.05) is 73.0 Å². The van der Waals surface area contributed by atoms with Gasteiger partial charge in [-0.3, -0.25) is 4.79 Å². The monoisotopic (exact) mass is 824 g/mol. The molecule has 2 amide bonds. The molecule has 0 fully saturated rings. The Hall–Kier alpha value is -3.83. The van der Waals surface area contributed by atoms with E-state index in [1.54, 1.807) is 39.0 Å². The minimum absolute atomic E-state index is 0.116. The van der Waals surface area contributed by atoms with Crippen LogP contribution in [0.25, 0.3) is 0 Å². The molecule has 2 N–H and O–H groups in total. The van der Waals surface area contributed by atoms with Crippen molar-refractivity contribution in [2.75, 3.05) is 38.2 Å². The summed E-state index contributed by atoms with van der Waals surface area (Å²) in [6, 6.07) is 9.70. The lowest BCUT2D eigenvalue weighted by atomic mass is 9.77. The Morgan fingerprint density at radius 3 is 2.19 bits per heavy atom. The third kappa shape index (κ3) is 10.8. The van der Waals surface area contributed by atoms with Crippen molar-refractivity contribution in [3.8, 4) is 0 Å². The number of hydrogen-bond donors (Lipinski definition) is 2. The molecule has 2 atom stereocenters. The second-order valence-electron chi connectivity index (χ2n) is 16.0. The quantitative estimate of drug-likeness (QED) is 0.0969. The summed E-state index contributed by atoms with van der Waals surface area (Å²) in [5.74, 6) is -0.116. The highest BCUT2D eigenvalue weighted by atomic mass is 31.2. The van der Waals surface area contributed by atoms with Gasteiger partial charge in [-0.2, -0.15) is 4.58 Å². The number of carbonyl (C=O) groups excluding carboxylic acids is 2. The Bertz CT molecular complexity index is 2040. The molecule has 0 aliphatic carbocycles. The number of fused-ring (bicyclic) bond motifs is 2. The van der Waals surface area contributed by atoms with E-state index in [4.69, 9.17) is 9.26 Å². The van der Waals surface area contributed by atoms with Gasteiger partial charge >= 0.3 is 6.09 Å². The normalized spacial score (nSPS) is 19.6. The van der Waals surface area contributed by atoms with Crippen LogP contribution in [0.1, 0.15) is 98.6 Å². The smallest absolute Gasteiger partial charge is 0.407 e. The van der Waals surface area contributed by atoms with Crippen molar-refractivity contribution in [3.63, 3.8) is 0 Å². The van der Waals surface area contributed by atoms with Crippen molar-refractivity contribution in [1.29, 1.82) is 0 Å². The molecule has 0 radical (unpaired) electrons. The molecule has 2 aliphatic heterocycles. The molecule has 57 heavy (non-hydrogen) atoms. The van der Waals surface area contributed by atoms with Crippen LogP contribution in [-0.4, -0.2) is 61.2 Å². The maximum Gasteiger partial charge on any atom is 0.407 e. The lowest BCUT2D eigenvalue weighted by molar-refractivity contribution is -0.433. The number of nitrogens with one attached hydrogen (secondary N) is 2. The van der Waals surface area contributed by atoms with Crippen molar-refractivity contribution < 1.29 is 47.2 Å². The molecule has 0 spiro atoms. The molecular formula is C42H58N4O9P2-2. The van der Waals surface area contributed by atoms with Crippen LogP contribution in [0.2, 0.25) is 0 Å². The molecule has 0 aromatic heterocycles. The highest BCUT2D eigenvalue weighted by Crippen LogP contribution is 2.51. The second kappa shape index (κ2) is 18.4. The lowest BCUT2D eigenvalue weighted by Crippen LogP contribution is -2.37. The zero-order valence-corrected chi connectivity index (χ0v) is 36.5. The molecule has 2 aliphatic rings. The molecule has 2 aromatic rings. The predicted octanol–water partition coefficient (Wildman–Crippen LogP) is 4.83. The summed E-state index contributed by atoms with van der Waals surface area (Å²) in [6.07, 6.45) is 12.5. The second-order valence-corrected chi connectivity index (χ2v) is 19.4. The Kier molecular flexibility index (Phi) is 14.8. The molecule has 2 heterocycles. The molecule has 13 nitrogen and oxygen atoms in total. The van der Waals surface area contributed by atoms with Gasteiger partial charge in [-0.25, -0.2) is 4.79 Å². The number of allylic oxidation sites excluding steroid dienone is 6. The summed E-state index contributed by atoms with van der Waals surface area (Å²) in [6.45, 7) is 17.4. The average Bonchev–Trinajstić information content (AvgIpc) is 3.50. The molecule has 15 heteroatoms.